The van der Waals surface area contributed by atoms with Gasteiger partial charge in [0.25, 0.3) is 0 Å². The fourth-order valence-electron chi connectivity index (χ4n) is 5.31. The van der Waals surface area contributed by atoms with Crippen LogP contribution in [0.5, 0.6) is 0 Å². The summed E-state index contributed by atoms with van der Waals surface area (Å²) in [6, 6.07) is 0. The molecule has 0 heterocycles. The van der Waals surface area contributed by atoms with Crippen LogP contribution in [0.1, 0.15) is 142 Å². The molecule has 0 aromatic rings. The van der Waals surface area contributed by atoms with Gasteiger partial charge in [-0.05, 0) is 89.9 Å². The van der Waals surface area contributed by atoms with E-state index in [1.807, 2.05) is 12.2 Å². The number of allylic oxidation sites excluding steroid dienone is 20. The van der Waals surface area contributed by atoms with Crippen molar-refractivity contribution in [1.82, 2.24) is 0 Å². The SMILES string of the molecule is CC/C=C\C/C=C\C/C=C\C/C=C\C/C=C\C/C=C\CCC(=O)OC(COCCCCCCCCC/C=C\C/C=C\C/C=C\C/C=C\CC)COP(=O)(O)OCC(O)CO. The van der Waals surface area contributed by atoms with Crippen LogP contribution in [0.2, 0.25) is 0 Å². The van der Waals surface area contributed by atoms with Crippen LogP contribution in [0.15, 0.2) is 122 Å². The number of phosphoric acid groups is 1. The topological polar surface area (TPSA) is 132 Å². The zero-order valence-corrected chi connectivity index (χ0v) is 38.0. The summed E-state index contributed by atoms with van der Waals surface area (Å²) in [7, 11) is -4.55. The molecule has 0 aromatic heterocycles. The predicted octanol–water partition coefficient (Wildman–Crippen LogP) is 12.8. The highest BCUT2D eigenvalue weighted by Gasteiger charge is 2.26. The van der Waals surface area contributed by atoms with Crippen LogP contribution in [0.4, 0.5) is 0 Å². The highest BCUT2D eigenvalue weighted by Crippen LogP contribution is 2.43. The first-order valence-corrected chi connectivity index (χ1v) is 24.0. The number of aliphatic hydroxyl groups is 2. The third-order valence-corrected chi connectivity index (χ3v) is 9.61. The highest BCUT2D eigenvalue weighted by atomic mass is 31.2. The molecule has 0 fully saturated rings. The zero-order chi connectivity index (χ0) is 43.9. The van der Waals surface area contributed by atoms with Gasteiger partial charge in [-0.15, -0.1) is 0 Å². The molecule has 0 aromatic carbocycles. The minimum atomic E-state index is -4.55. The van der Waals surface area contributed by atoms with Crippen LogP contribution in [0, 0.1) is 0 Å². The Hall–Kier alpha value is -3.14. The first-order chi connectivity index (χ1) is 29.3. The number of ether oxygens (including phenoxy) is 2. The Morgan fingerprint density at radius 1 is 0.517 bits per heavy atom. The summed E-state index contributed by atoms with van der Waals surface area (Å²) in [5, 5.41) is 18.4. The lowest BCUT2D eigenvalue weighted by atomic mass is 10.1. The summed E-state index contributed by atoms with van der Waals surface area (Å²) in [5.41, 5.74) is 0. The average molecular weight is 857 g/mol. The van der Waals surface area contributed by atoms with Crippen LogP contribution in [-0.2, 0) is 27.9 Å². The van der Waals surface area contributed by atoms with E-state index in [9.17, 15) is 19.4 Å². The summed E-state index contributed by atoms with van der Waals surface area (Å²) < 4.78 is 33.3. The standard InChI is InChI=1S/C50H81O9P/c1-3-5-7-9-11-13-15-17-19-21-23-25-27-29-31-33-35-37-39-41-43-56-46-49(47-58-60(54,55)57-45-48(52)44-51)59-50(53)42-40-38-36-34-32-30-28-26-24-22-20-18-16-14-12-10-8-6-4-2/h5-8,11-14,17-20,23-26,30,32,36,38,48-49,51-52H,3-4,9-10,15-16,21-22,27-29,31,33-35,37,39-47H2,1-2H3,(H,54,55)/b7-5-,8-6-,13-11-,14-12-,19-17-,20-18-,25-23-,26-24-,32-30-,38-36-. The number of aliphatic hydroxyl groups excluding tert-OH is 2. The van der Waals surface area contributed by atoms with Gasteiger partial charge in [0, 0.05) is 13.0 Å². The van der Waals surface area contributed by atoms with E-state index in [-0.39, 0.29) is 13.0 Å². The first-order valence-electron chi connectivity index (χ1n) is 22.5. The molecule has 3 unspecified atom stereocenters. The number of carbonyl (C=O) groups is 1. The lowest BCUT2D eigenvalue weighted by Gasteiger charge is -2.20. The van der Waals surface area contributed by atoms with E-state index in [1.54, 1.807) is 0 Å². The average Bonchev–Trinajstić information content (AvgIpc) is 3.24. The molecular formula is C50H81O9P. The molecule has 0 amide bonds. The maximum Gasteiger partial charge on any atom is 0.472 e. The fraction of sp³-hybridized carbons (Fsp3) is 0.580. The molecule has 10 heteroatoms. The Balaban J connectivity index is 4.33. The lowest BCUT2D eigenvalue weighted by molar-refractivity contribution is -0.154. The van der Waals surface area contributed by atoms with Gasteiger partial charge >= 0.3 is 13.8 Å². The normalized spacial score (nSPS) is 15.1. The van der Waals surface area contributed by atoms with Crippen molar-refractivity contribution in [1.29, 1.82) is 0 Å². The van der Waals surface area contributed by atoms with Gasteiger partial charge in [-0.1, -0.05) is 167 Å². The Labute approximate surface area is 364 Å². The van der Waals surface area contributed by atoms with Gasteiger partial charge in [0.15, 0.2) is 0 Å². The Bertz CT molecular complexity index is 1340. The molecule has 0 radical (unpaired) electrons. The Morgan fingerprint density at radius 2 is 0.900 bits per heavy atom. The molecule has 340 valence electrons. The van der Waals surface area contributed by atoms with Crippen molar-refractivity contribution in [2.24, 2.45) is 0 Å². The minimum Gasteiger partial charge on any atom is -0.457 e. The van der Waals surface area contributed by atoms with Crippen molar-refractivity contribution in [2.75, 3.05) is 33.0 Å². The molecule has 0 aliphatic heterocycles. The number of hydrogen-bond donors (Lipinski definition) is 3. The molecule has 0 aliphatic carbocycles. The molecule has 3 atom stereocenters. The summed E-state index contributed by atoms with van der Waals surface area (Å²) in [5.74, 6) is -0.474. The van der Waals surface area contributed by atoms with Gasteiger partial charge in [-0.3, -0.25) is 13.8 Å². The molecule has 9 nitrogen and oxygen atoms in total. The highest BCUT2D eigenvalue weighted by molar-refractivity contribution is 7.47. The molecule has 0 bridgehead atoms. The van der Waals surface area contributed by atoms with Crippen molar-refractivity contribution in [3.63, 3.8) is 0 Å². The molecular weight excluding hydrogens is 776 g/mol. The van der Waals surface area contributed by atoms with Gasteiger partial charge in [0.2, 0.25) is 0 Å². The van der Waals surface area contributed by atoms with E-state index in [0.29, 0.717) is 13.0 Å². The number of hydrogen-bond acceptors (Lipinski definition) is 8. The zero-order valence-electron chi connectivity index (χ0n) is 37.1. The molecule has 0 aliphatic rings. The number of carbonyl (C=O) groups excluding carboxylic acids is 1. The smallest absolute Gasteiger partial charge is 0.457 e. The van der Waals surface area contributed by atoms with Gasteiger partial charge in [0.1, 0.15) is 12.2 Å². The van der Waals surface area contributed by atoms with Crippen molar-refractivity contribution >= 4 is 13.8 Å². The van der Waals surface area contributed by atoms with Crippen LogP contribution in [-0.4, -0.2) is 66.3 Å². The second-order valence-electron chi connectivity index (χ2n) is 14.3. The van der Waals surface area contributed by atoms with E-state index in [0.717, 1.165) is 89.9 Å². The van der Waals surface area contributed by atoms with Crippen molar-refractivity contribution in [3.8, 4) is 0 Å². The first kappa shape index (κ1) is 56.9. The largest absolute Gasteiger partial charge is 0.472 e. The third kappa shape index (κ3) is 44.4. The van der Waals surface area contributed by atoms with E-state index in [2.05, 4.69) is 123 Å². The van der Waals surface area contributed by atoms with Gasteiger partial charge in [-0.2, -0.15) is 0 Å². The van der Waals surface area contributed by atoms with E-state index in [1.165, 1.54) is 25.7 Å². The number of phosphoric ester groups is 1. The second-order valence-corrected chi connectivity index (χ2v) is 15.8. The maximum atomic E-state index is 12.6. The molecule has 0 spiro atoms. The summed E-state index contributed by atoms with van der Waals surface area (Å²) >= 11 is 0. The summed E-state index contributed by atoms with van der Waals surface area (Å²) in [6.07, 6.45) is 60.3. The lowest BCUT2D eigenvalue weighted by Crippen LogP contribution is -2.29. The van der Waals surface area contributed by atoms with Gasteiger partial charge in [0.05, 0.1) is 26.4 Å². The number of rotatable bonds is 41. The summed E-state index contributed by atoms with van der Waals surface area (Å²) in [4.78, 5) is 22.6. The number of esters is 1. The molecule has 0 saturated carbocycles. The molecule has 3 N–H and O–H groups in total. The molecule has 60 heavy (non-hydrogen) atoms. The third-order valence-electron chi connectivity index (χ3n) is 8.66. The van der Waals surface area contributed by atoms with E-state index >= 15 is 0 Å². The number of unbranched alkanes of at least 4 members (excludes halogenated alkanes) is 7. The predicted molar refractivity (Wildman–Crippen MR) is 251 cm³/mol. The van der Waals surface area contributed by atoms with Crippen LogP contribution in [0.25, 0.3) is 0 Å². The Kier molecular flexibility index (Phi) is 43.0. The summed E-state index contributed by atoms with van der Waals surface area (Å²) in [6.45, 7) is 3.13. The van der Waals surface area contributed by atoms with Gasteiger partial charge in [-0.25, -0.2) is 4.57 Å². The second kappa shape index (κ2) is 45.4. The Morgan fingerprint density at radius 3 is 1.35 bits per heavy atom. The van der Waals surface area contributed by atoms with Gasteiger partial charge < -0.3 is 24.6 Å². The van der Waals surface area contributed by atoms with E-state index < -0.39 is 45.8 Å². The molecule has 0 saturated heterocycles. The maximum absolute atomic E-state index is 12.6. The van der Waals surface area contributed by atoms with Crippen LogP contribution >= 0.6 is 7.82 Å². The monoisotopic (exact) mass is 857 g/mol. The minimum absolute atomic E-state index is 0.00220. The van der Waals surface area contributed by atoms with Crippen molar-refractivity contribution < 1.29 is 43.0 Å². The van der Waals surface area contributed by atoms with E-state index in [4.69, 9.17) is 23.6 Å². The van der Waals surface area contributed by atoms with Crippen molar-refractivity contribution in [2.45, 2.75) is 154 Å². The van der Waals surface area contributed by atoms with Crippen LogP contribution in [0.3, 0.4) is 0 Å². The fourth-order valence-corrected chi connectivity index (χ4v) is 6.10. The van der Waals surface area contributed by atoms with Crippen molar-refractivity contribution in [3.05, 3.63) is 122 Å². The van der Waals surface area contributed by atoms with Crippen LogP contribution < -0.4 is 0 Å². The molecule has 0 rings (SSSR count). The quantitative estimate of drug-likeness (QED) is 0.0238.